The number of halogens is 1. The molecule has 38 heavy (non-hydrogen) atoms. The molecule has 2 amide bonds. The normalized spacial score (nSPS) is 14.5. The maximum Gasteiger partial charge on any atom is 0.269 e. The van der Waals surface area contributed by atoms with Crippen molar-refractivity contribution >= 4 is 34.8 Å². The molecule has 0 spiro atoms. The van der Waals surface area contributed by atoms with Crippen molar-refractivity contribution in [2.45, 2.75) is 12.8 Å². The fourth-order valence-electron chi connectivity index (χ4n) is 5.08. The third-order valence-corrected chi connectivity index (χ3v) is 7.26. The Labute approximate surface area is 224 Å². The van der Waals surface area contributed by atoms with Crippen molar-refractivity contribution in [1.82, 2.24) is 14.8 Å². The largest absolute Gasteiger partial charge is 0.378 e. The second-order valence-corrected chi connectivity index (χ2v) is 9.59. The first-order valence-electron chi connectivity index (χ1n) is 12.4. The quantitative estimate of drug-likeness (QED) is 0.380. The zero-order valence-electron chi connectivity index (χ0n) is 20.5. The van der Waals surface area contributed by atoms with Crippen LogP contribution < -0.4 is 16.0 Å². The van der Waals surface area contributed by atoms with Crippen LogP contribution in [0, 0.1) is 0 Å². The summed E-state index contributed by atoms with van der Waals surface area (Å²) in [6.07, 6.45) is 2.90. The number of ether oxygens (including phenoxy) is 1. The molecule has 0 unspecified atom stereocenters. The first-order chi connectivity index (χ1) is 18.5. The van der Waals surface area contributed by atoms with Crippen LogP contribution in [0.4, 0.5) is 11.4 Å². The van der Waals surface area contributed by atoms with Crippen LogP contribution in [0.1, 0.15) is 32.0 Å². The molecule has 3 heterocycles. The van der Waals surface area contributed by atoms with E-state index < -0.39 is 5.91 Å². The molecule has 1 fully saturated rings. The van der Waals surface area contributed by atoms with Crippen molar-refractivity contribution < 1.29 is 14.3 Å². The van der Waals surface area contributed by atoms with E-state index in [0.29, 0.717) is 25.3 Å². The van der Waals surface area contributed by atoms with Crippen molar-refractivity contribution in [3.8, 4) is 16.9 Å². The maximum atomic E-state index is 12.9. The Kier molecular flexibility index (Phi) is 6.30. The zero-order valence-corrected chi connectivity index (χ0v) is 21.2. The van der Waals surface area contributed by atoms with Crippen molar-refractivity contribution in [3.63, 3.8) is 0 Å². The Hall–Kier alpha value is -4.21. The molecule has 2 aromatic carbocycles. The number of carbonyl (C=O) groups is 2. The van der Waals surface area contributed by atoms with Gasteiger partial charge in [0.25, 0.3) is 11.8 Å². The molecule has 1 aliphatic carbocycles. The number of benzene rings is 2. The van der Waals surface area contributed by atoms with Crippen molar-refractivity contribution in [2.75, 3.05) is 36.5 Å². The number of amides is 2. The van der Waals surface area contributed by atoms with E-state index >= 15 is 0 Å². The topological polar surface area (TPSA) is 115 Å². The number of primary amides is 1. The number of nitrogens with two attached hydrogens (primary N) is 1. The SMILES string of the molecule is NC(=O)c1nn(-c2ccc(N3CCOCC3)cc2)c2c1CCc1ccc(NC(=O)c3cccnc3Cl)cc1-2. The minimum absolute atomic E-state index is 0.134. The van der Waals surface area contributed by atoms with Crippen LogP contribution in [0.3, 0.4) is 0 Å². The smallest absolute Gasteiger partial charge is 0.269 e. The van der Waals surface area contributed by atoms with E-state index in [-0.39, 0.29) is 22.3 Å². The fraction of sp³-hybridized carbons (Fsp3) is 0.214. The lowest BCUT2D eigenvalue weighted by Crippen LogP contribution is -2.36. The standard InChI is InChI=1S/C28H25ClN6O3/c29-26-22(2-1-11-31-26)28(37)32-18-5-3-17-4-10-21-24(27(30)36)33-35(25(21)23(17)16-18)20-8-6-19(7-9-20)34-12-14-38-15-13-34/h1-3,5-9,11,16H,4,10,12-15H2,(H2,30,36)(H,32,37). The second-order valence-electron chi connectivity index (χ2n) is 9.24. The van der Waals surface area contributed by atoms with Gasteiger partial charge in [-0.1, -0.05) is 17.7 Å². The third kappa shape index (κ3) is 4.40. The van der Waals surface area contributed by atoms with Gasteiger partial charge in [-0.2, -0.15) is 5.10 Å². The van der Waals surface area contributed by atoms with Crippen LogP contribution in [-0.2, 0) is 17.6 Å². The highest BCUT2D eigenvalue weighted by Gasteiger charge is 2.28. The number of aromatic nitrogens is 3. The first-order valence-corrected chi connectivity index (χ1v) is 12.8. The summed E-state index contributed by atoms with van der Waals surface area (Å²) in [7, 11) is 0. The summed E-state index contributed by atoms with van der Waals surface area (Å²) in [6, 6.07) is 17.1. The molecule has 0 atom stereocenters. The zero-order chi connectivity index (χ0) is 26.2. The van der Waals surface area contributed by atoms with Gasteiger partial charge in [0.1, 0.15) is 5.15 Å². The molecule has 9 nitrogen and oxygen atoms in total. The Morgan fingerprint density at radius 3 is 2.50 bits per heavy atom. The number of morpholine rings is 1. The minimum atomic E-state index is -0.566. The highest BCUT2D eigenvalue weighted by atomic mass is 35.5. The first kappa shape index (κ1) is 24.1. The van der Waals surface area contributed by atoms with Gasteiger partial charge in [-0.3, -0.25) is 9.59 Å². The lowest BCUT2D eigenvalue weighted by Gasteiger charge is -2.29. The highest BCUT2D eigenvalue weighted by Crippen LogP contribution is 2.38. The second kappa shape index (κ2) is 9.92. The van der Waals surface area contributed by atoms with Crippen molar-refractivity contribution in [1.29, 1.82) is 0 Å². The van der Waals surface area contributed by atoms with Gasteiger partial charge in [-0.15, -0.1) is 0 Å². The van der Waals surface area contributed by atoms with Gasteiger partial charge in [0.05, 0.1) is 30.2 Å². The highest BCUT2D eigenvalue weighted by molar-refractivity contribution is 6.33. The number of carbonyl (C=O) groups excluding carboxylic acids is 2. The summed E-state index contributed by atoms with van der Waals surface area (Å²) in [5.74, 6) is -0.923. The molecule has 10 heteroatoms. The lowest BCUT2D eigenvalue weighted by molar-refractivity contribution is 0.0992. The molecule has 3 N–H and O–H groups in total. The van der Waals surface area contributed by atoms with E-state index in [0.717, 1.165) is 53.3 Å². The van der Waals surface area contributed by atoms with E-state index in [1.54, 1.807) is 16.8 Å². The number of pyridine rings is 1. The number of hydrogen-bond donors (Lipinski definition) is 2. The number of fused-ring (bicyclic) bond motifs is 3. The number of rotatable bonds is 5. The van der Waals surface area contributed by atoms with E-state index in [1.807, 2.05) is 30.3 Å². The number of anilines is 2. The molecular formula is C28H25ClN6O3. The summed E-state index contributed by atoms with van der Waals surface area (Å²) in [5.41, 5.74) is 12.4. The van der Waals surface area contributed by atoms with Gasteiger partial charge in [0.15, 0.2) is 5.69 Å². The summed E-state index contributed by atoms with van der Waals surface area (Å²) >= 11 is 6.11. The molecule has 2 aliphatic rings. The van der Waals surface area contributed by atoms with Crippen LogP contribution in [0.25, 0.3) is 16.9 Å². The maximum absolute atomic E-state index is 12.9. The van der Waals surface area contributed by atoms with Crippen LogP contribution in [0.2, 0.25) is 5.15 Å². The minimum Gasteiger partial charge on any atom is -0.378 e. The molecule has 1 saturated heterocycles. The molecule has 6 rings (SSSR count). The van der Waals surface area contributed by atoms with E-state index in [1.165, 1.54) is 6.20 Å². The Morgan fingerprint density at radius 1 is 1.00 bits per heavy atom. The van der Waals surface area contributed by atoms with Crippen LogP contribution in [0.15, 0.2) is 60.8 Å². The van der Waals surface area contributed by atoms with E-state index in [9.17, 15) is 9.59 Å². The monoisotopic (exact) mass is 528 g/mol. The van der Waals surface area contributed by atoms with Gasteiger partial charge in [-0.25, -0.2) is 9.67 Å². The van der Waals surface area contributed by atoms with E-state index in [2.05, 4.69) is 32.4 Å². The summed E-state index contributed by atoms with van der Waals surface area (Å²) in [4.78, 5) is 31.5. The Bertz CT molecular complexity index is 1540. The number of hydrogen-bond acceptors (Lipinski definition) is 6. The summed E-state index contributed by atoms with van der Waals surface area (Å²) in [6.45, 7) is 3.10. The van der Waals surface area contributed by atoms with E-state index in [4.69, 9.17) is 22.1 Å². The fourth-order valence-corrected chi connectivity index (χ4v) is 5.29. The van der Waals surface area contributed by atoms with Gasteiger partial charge < -0.3 is 20.7 Å². The lowest BCUT2D eigenvalue weighted by atomic mass is 9.88. The molecule has 1 aliphatic heterocycles. The van der Waals surface area contributed by atoms with Gasteiger partial charge in [0.2, 0.25) is 0 Å². The molecule has 0 bridgehead atoms. The van der Waals surface area contributed by atoms with Crippen LogP contribution >= 0.6 is 11.6 Å². The molecule has 2 aromatic heterocycles. The summed E-state index contributed by atoms with van der Waals surface area (Å²) in [5, 5.41) is 7.69. The predicted molar refractivity (Wildman–Crippen MR) is 145 cm³/mol. The number of nitrogens with one attached hydrogen (secondary N) is 1. The van der Waals surface area contributed by atoms with Gasteiger partial charge >= 0.3 is 0 Å². The molecular weight excluding hydrogens is 504 g/mol. The van der Waals surface area contributed by atoms with Crippen LogP contribution in [0.5, 0.6) is 0 Å². The van der Waals surface area contributed by atoms with Crippen molar-refractivity contribution in [3.05, 3.63) is 88.3 Å². The van der Waals surface area contributed by atoms with Crippen molar-refractivity contribution in [2.24, 2.45) is 5.73 Å². The third-order valence-electron chi connectivity index (χ3n) is 6.96. The number of aryl methyl sites for hydroxylation is 1. The Balaban J connectivity index is 1.39. The molecule has 0 saturated carbocycles. The predicted octanol–water partition coefficient (Wildman–Crippen LogP) is 3.87. The molecule has 4 aromatic rings. The van der Waals surface area contributed by atoms with Gasteiger partial charge in [-0.05, 0) is 66.9 Å². The Morgan fingerprint density at radius 2 is 1.76 bits per heavy atom. The molecule has 192 valence electrons. The molecule has 0 radical (unpaired) electrons. The van der Waals surface area contributed by atoms with Crippen LogP contribution in [-0.4, -0.2) is 52.9 Å². The summed E-state index contributed by atoms with van der Waals surface area (Å²) < 4.78 is 7.24. The average Bonchev–Trinajstić information content (AvgIpc) is 3.34. The average molecular weight is 529 g/mol. The number of nitrogens with zero attached hydrogens (tertiary/aromatic N) is 4. The van der Waals surface area contributed by atoms with Gasteiger partial charge in [0, 0.05) is 41.8 Å².